The molecule has 0 N–H and O–H groups in total. The van der Waals surface area contributed by atoms with Crippen LogP contribution in [-0.4, -0.2) is 32.8 Å². The number of nitrogens with zero attached hydrogens (tertiary/aromatic N) is 4. The summed E-state index contributed by atoms with van der Waals surface area (Å²) >= 11 is 0. The maximum absolute atomic E-state index is 12.6. The van der Waals surface area contributed by atoms with E-state index in [2.05, 4.69) is 15.0 Å². The van der Waals surface area contributed by atoms with E-state index in [-0.39, 0.29) is 5.91 Å². The molecule has 0 saturated heterocycles. The van der Waals surface area contributed by atoms with Crippen LogP contribution in [0.4, 0.5) is 0 Å². The molecule has 0 atom stereocenters. The minimum atomic E-state index is -0.113. The first-order valence-electron chi connectivity index (χ1n) is 6.60. The molecule has 1 amide bonds. The lowest BCUT2D eigenvalue weighted by Crippen LogP contribution is -2.27. The highest BCUT2D eigenvalue weighted by Crippen LogP contribution is 2.16. The van der Waals surface area contributed by atoms with Crippen molar-refractivity contribution in [2.24, 2.45) is 0 Å². The SMILES string of the molecule is CN(Cc1ccccn1)C(=O)c1cncc2cccnc12. The van der Waals surface area contributed by atoms with Crippen molar-refractivity contribution >= 4 is 16.8 Å². The summed E-state index contributed by atoms with van der Waals surface area (Å²) in [7, 11) is 1.75. The Morgan fingerprint density at radius 1 is 1.10 bits per heavy atom. The van der Waals surface area contributed by atoms with E-state index in [1.54, 1.807) is 36.7 Å². The lowest BCUT2D eigenvalue weighted by atomic mass is 10.1. The number of aromatic nitrogens is 3. The number of carbonyl (C=O) groups is 1. The third kappa shape index (κ3) is 2.72. The Bertz CT molecular complexity index is 768. The van der Waals surface area contributed by atoms with Crippen LogP contribution in [0.5, 0.6) is 0 Å². The number of carbonyl (C=O) groups excluding carboxylic acids is 1. The monoisotopic (exact) mass is 278 g/mol. The summed E-state index contributed by atoms with van der Waals surface area (Å²) in [5, 5.41) is 0.856. The van der Waals surface area contributed by atoms with Crippen LogP contribution in [0.1, 0.15) is 16.1 Å². The predicted molar refractivity (Wildman–Crippen MR) is 79.6 cm³/mol. The maximum atomic E-state index is 12.6. The van der Waals surface area contributed by atoms with Gasteiger partial charge in [-0.3, -0.25) is 19.7 Å². The molecule has 0 spiro atoms. The van der Waals surface area contributed by atoms with Gasteiger partial charge in [0.1, 0.15) is 0 Å². The van der Waals surface area contributed by atoms with Crippen molar-refractivity contribution in [1.29, 1.82) is 0 Å². The minimum absolute atomic E-state index is 0.113. The average molecular weight is 278 g/mol. The quantitative estimate of drug-likeness (QED) is 0.737. The minimum Gasteiger partial charge on any atom is -0.336 e. The fourth-order valence-corrected chi connectivity index (χ4v) is 2.17. The van der Waals surface area contributed by atoms with Crippen LogP contribution in [0.15, 0.2) is 55.1 Å². The molecule has 104 valence electrons. The van der Waals surface area contributed by atoms with Crippen molar-refractivity contribution in [2.75, 3.05) is 7.05 Å². The van der Waals surface area contributed by atoms with Gasteiger partial charge in [-0.15, -0.1) is 0 Å². The summed E-state index contributed by atoms with van der Waals surface area (Å²) in [6.45, 7) is 0.447. The van der Waals surface area contributed by atoms with Crippen molar-refractivity contribution in [1.82, 2.24) is 19.9 Å². The van der Waals surface area contributed by atoms with Crippen molar-refractivity contribution in [3.63, 3.8) is 0 Å². The van der Waals surface area contributed by atoms with E-state index >= 15 is 0 Å². The Hall–Kier alpha value is -2.82. The van der Waals surface area contributed by atoms with E-state index in [1.165, 1.54) is 0 Å². The van der Waals surface area contributed by atoms with Gasteiger partial charge in [-0.2, -0.15) is 0 Å². The van der Waals surface area contributed by atoms with Crippen LogP contribution >= 0.6 is 0 Å². The second kappa shape index (κ2) is 5.66. The molecule has 0 unspecified atom stereocenters. The first-order valence-corrected chi connectivity index (χ1v) is 6.60. The van der Waals surface area contributed by atoms with Crippen LogP contribution in [0.25, 0.3) is 10.9 Å². The van der Waals surface area contributed by atoms with Crippen molar-refractivity contribution in [3.05, 3.63) is 66.4 Å². The van der Waals surface area contributed by atoms with Gasteiger partial charge in [0.2, 0.25) is 0 Å². The van der Waals surface area contributed by atoms with E-state index in [0.717, 1.165) is 11.1 Å². The van der Waals surface area contributed by atoms with Gasteiger partial charge in [-0.1, -0.05) is 6.07 Å². The zero-order chi connectivity index (χ0) is 14.7. The third-order valence-electron chi connectivity index (χ3n) is 3.21. The fourth-order valence-electron chi connectivity index (χ4n) is 2.17. The molecular weight excluding hydrogens is 264 g/mol. The van der Waals surface area contributed by atoms with Gasteiger partial charge in [0.25, 0.3) is 5.91 Å². The number of fused-ring (bicyclic) bond motifs is 1. The summed E-state index contributed by atoms with van der Waals surface area (Å²) in [5.41, 5.74) is 2.02. The molecule has 5 heteroatoms. The summed E-state index contributed by atoms with van der Waals surface area (Å²) < 4.78 is 0. The Labute approximate surface area is 122 Å². The Morgan fingerprint density at radius 3 is 2.76 bits per heavy atom. The highest BCUT2D eigenvalue weighted by molar-refractivity contribution is 6.04. The summed E-state index contributed by atoms with van der Waals surface area (Å²) in [4.78, 5) is 26.8. The maximum Gasteiger partial charge on any atom is 0.257 e. The Kier molecular flexibility index (Phi) is 3.55. The number of hydrogen-bond acceptors (Lipinski definition) is 4. The Balaban J connectivity index is 1.90. The van der Waals surface area contributed by atoms with Crippen molar-refractivity contribution in [3.8, 4) is 0 Å². The van der Waals surface area contributed by atoms with E-state index in [0.29, 0.717) is 17.6 Å². The second-order valence-corrected chi connectivity index (χ2v) is 4.74. The highest BCUT2D eigenvalue weighted by Gasteiger charge is 2.16. The average Bonchev–Trinajstić information content (AvgIpc) is 2.54. The summed E-state index contributed by atoms with van der Waals surface area (Å²) in [6, 6.07) is 9.37. The predicted octanol–water partition coefficient (Wildman–Crippen LogP) is 2.30. The molecule has 0 aliphatic rings. The van der Waals surface area contributed by atoms with Crippen LogP contribution < -0.4 is 0 Å². The van der Waals surface area contributed by atoms with Crippen molar-refractivity contribution < 1.29 is 4.79 Å². The van der Waals surface area contributed by atoms with Gasteiger partial charge >= 0.3 is 0 Å². The zero-order valence-corrected chi connectivity index (χ0v) is 11.6. The van der Waals surface area contributed by atoms with Crippen LogP contribution in [-0.2, 0) is 6.54 Å². The van der Waals surface area contributed by atoms with Gasteiger partial charge in [0.05, 0.1) is 23.3 Å². The molecule has 5 nitrogen and oxygen atoms in total. The normalized spacial score (nSPS) is 10.5. The fraction of sp³-hybridized carbons (Fsp3) is 0.125. The van der Waals surface area contributed by atoms with Crippen LogP contribution in [0.3, 0.4) is 0 Å². The van der Waals surface area contributed by atoms with Crippen molar-refractivity contribution in [2.45, 2.75) is 6.54 Å². The van der Waals surface area contributed by atoms with Crippen LogP contribution in [0, 0.1) is 0 Å². The van der Waals surface area contributed by atoms with Gasteiger partial charge < -0.3 is 4.90 Å². The smallest absolute Gasteiger partial charge is 0.257 e. The molecule has 0 aromatic carbocycles. The molecule has 3 aromatic heterocycles. The molecule has 0 aliphatic heterocycles. The van der Waals surface area contributed by atoms with Gasteiger partial charge in [0.15, 0.2) is 0 Å². The van der Waals surface area contributed by atoms with E-state index in [9.17, 15) is 4.79 Å². The molecule has 3 rings (SSSR count). The molecular formula is C16H14N4O. The van der Waals surface area contributed by atoms with E-state index in [4.69, 9.17) is 0 Å². The van der Waals surface area contributed by atoms with E-state index in [1.807, 2.05) is 30.3 Å². The molecule has 0 radical (unpaired) electrons. The topological polar surface area (TPSA) is 59.0 Å². The third-order valence-corrected chi connectivity index (χ3v) is 3.21. The number of pyridine rings is 3. The molecule has 3 heterocycles. The van der Waals surface area contributed by atoms with Gasteiger partial charge in [0, 0.05) is 37.2 Å². The number of hydrogen-bond donors (Lipinski definition) is 0. The molecule has 0 bridgehead atoms. The van der Waals surface area contributed by atoms with E-state index < -0.39 is 0 Å². The molecule has 0 aliphatic carbocycles. The molecule has 21 heavy (non-hydrogen) atoms. The second-order valence-electron chi connectivity index (χ2n) is 4.74. The largest absolute Gasteiger partial charge is 0.336 e. The summed E-state index contributed by atoms with van der Waals surface area (Å²) in [6.07, 6.45) is 6.66. The number of rotatable bonds is 3. The zero-order valence-electron chi connectivity index (χ0n) is 11.6. The lowest BCUT2D eigenvalue weighted by molar-refractivity contribution is 0.0785. The summed E-state index contributed by atoms with van der Waals surface area (Å²) in [5.74, 6) is -0.113. The van der Waals surface area contributed by atoms with Crippen LogP contribution in [0.2, 0.25) is 0 Å². The lowest BCUT2D eigenvalue weighted by Gasteiger charge is -2.17. The molecule has 0 fully saturated rings. The molecule has 3 aromatic rings. The molecule has 0 saturated carbocycles. The highest BCUT2D eigenvalue weighted by atomic mass is 16.2. The van der Waals surface area contributed by atoms with Gasteiger partial charge in [-0.05, 0) is 24.3 Å². The first-order chi connectivity index (χ1) is 10.3. The first kappa shape index (κ1) is 13.2. The number of amides is 1. The standard InChI is InChI=1S/C16H14N4O/c1-20(11-13-6-2-3-7-18-13)16(21)14-10-17-9-12-5-4-8-19-15(12)14/h2-10H,11H2,1H3. The Morgan fingerprint density at radius 2 is 1.95 bits per heavy atom. The van der Waals surface area contributed by atoms with Gasteiger partial charge in [-0.25, -0.2) is 0 Å².